The third kappa shape index (κ3) is 2.94. The van der Waals surface area contributed by atoms with Crippen LogP contribution in [0.5, 0.6) is 0 Å². The van der Waals surface area contributed by atoms with Gasteiger partial charge >= 0.3 is 0 Å². The van der Waals surface area contributed by atoms with Gasteiger partial charge in [0.15, 0.2) is 0 Å². The molecule has 2 aliphatic heterocycles. The second-order valence-electron chi connectivity index (χ2n) is 6.63. The number of carbonyl (C=O) groups excluding carboxylic acids is 1. The van der Waals surface area contributed by atoms with Crippen molar-refractivity contribution in [3.8, 4) is 0 Å². The van der Waals surface area contributed by atoms with Crippen molar-refractivity contribution in [2.45, 2.75) is 38.8 Å². The first-order valence-electron chi connectivity index (χ1n) is 8.36. The van der Waals surface area contributed by atoms with Crippen molar-refractivity contribution >= 4 is 12.1 Å². The minimum atomic E-state index is -0.647. The van der Waals surface area contributed by atoms with Gasteiger partial charge in [-0.05, 0) is 37.1 Å². The number of hydrogen-bond donors (Lipinski definition) is 0. The Labute approximate surface area is 143 Å². The quantitative estimate of drug-likeness (QED) is 0.841. The van der Waals surface area contributed by atoms with Crippen LogP contribution in [0.4, 0.5) is 8.78 Å². The molecule has 1 aromatic heterocycles. The van der Waals surface area contributed by atoms with Gasteiger partial charge in [0.2, 0.25) is 5.91 Å². The van der Waals surface area contributed by atoms with Crippen molar-refractivity contribution in [2.24, 2.45) is 11.0 Å². The Balaban J connectivity index is 1.56. The molecule has 130 valence electrons. The fraction of sp³-hybridized carbons (Fsp3) is 0.389. The zero-order valence-electron chi connectivity index (χ0n) is 13.8. The molecule has 0 saturated heterocycles. The number of aryl methyl sites for hydroxylation is 2. The highest BCUT2D eigenvalue weighted by Crippen LogP contribution is 2.32. The third-order valence-electron chi connectivity index (χ3n) is 4.81. The van der Waals surface area contributed by atoms with Gasteiger partial charge in [-0.15, -0.1) is 0 Å². The van der Waals surface area contributed by atoms with E-state index in [1.165, 1.54) is 17.1 Å². The van der Waals surface area contributed by atoms with Crippen LogP contribution in [0.3, 0.4) is 0 Å². The van der Waals surface area contributed by atoms with Gasteiger partial charge in [0.05, 0.1) is 11.7 Å². The number of nitrogens with zero attached hydrogens (tertiary/aromatic N) is 4. The van der Waals surface area contributed by atoms with E-state index in [1.807, 2.05) is 17.7 Å². The van der Waals surface area contributed by atoms with E-state index in [1.54, 1.807) is 6.21 Å². The lowest BCUT2D eigenvalue weighted by molar-refractivity contribution is -0.138. The summed E-state index contributed by atoms with van der Waals surface area (Å²) in [7, 11) is 0. The van der Waals surface area contributed by atoms with Gasteiger partial charge in [-0.1, -0.05) is 0 Å². The van der Waals surface area contributed by atoms with E-state index in [9.17, 15) is 13.6 Å². The third-order valence-corrected chi connectivity index (χ3v) is 4.81. The Kier molecular flexibility index (Phi) is 3.86. The molecular formula is C18H18F2N4O. The fourth-order valence-electron chi connectivity index (χ4n) is 3.66. The van der Waals surface area contributed by atoms with Crippen LogP contribution in [0.25, 0.3) is 0 Å². The maximum absolute atomic E-state index is 13.5. The monoisotopic (exact) mass is 344 g/mol. The largest absolute Gasteiger partial charge is 0.273 e. The highest BCUT2D eigenvalue weighted by atomic mass is 19.1. The number of rotatable bonds is 2. The molecule has 0 spiro atoms. The van der Waals surface area contributed by atoms with Crippen molar-refractivity contribution in [3.63, 3.8) is 0 Å². The second-order valence-corrected chi connectivity index (χ2v) is 6.63. The second kappa shape index (κ2) is 6.06. The number of amides is 1. The molecule has 1 amide bonds. The van der Waals surface area contributed by atoms with E-state index in [4.69, 9.17) is 0 Å². The SMILES string of the molecule is Cc1cc2n(n1)CC[C@@H](C(=O)N1N=CC[C@H]1c1cc(F)cc(F)c1)C2. The van der Waals surface area contributed by atoms with E-state index in [2.05, 4.69) is 10.2 Å². The van der Waals surface area contributed by atoms with Crippen LogP contribution in [0.2, 0.25) is 0 Å². The summed E-state index contributed by atoms with van der Waals surface area (Å²) in [4.78, 5) is 13.0. The van der Waals surface area contributed by atoms with E-state index in [0.717, 1.165) is 17.5 Å². The first-order valence-corrected chi connectivity index (χ1v) is 8.36. The average Bonchev–Trinajstić information content (AvgIpc) is 3.17. The Morgan fingerprint density at radius 2 is 1.96 bits per heavy atom. The van der Waals surface area contributed by atoms with Gasteiger partial charge in [-0.2, -0.15) is 10.2 Å². The summed E-state index contributed by atoms with van der Waals surface area (Å²) in [6.07, 6.45) is 3.38. The molecule has 0 unspecified atom stereocenters. The van der Waals surface area contributed by atoms with Crippen LogP contribution in [-0.4, -0.2) is 26.9 Å². The highest BCUT2D eigenvalue weighted by Gasteiger charge is 2.35. The van der Waals surface area contributed by atoms with Crippen LogP contribution in [0, 0.1) is 24.5 Å². The van der Waals surface area contributed by atoms with Crippen LogP contribution >= 0.6 is 0 Å². The predicted molar refractivity (Wildman–Crippen MR) is 87.8 cm³/mol. The maximum atomic E-state index is 13.5. The first-order chi connectivity index (χ1) is 12.0. The smallest absolute Gasteiger partial charge is 0.246 e. The van der Waals surface area contributed by atoms with Crippen LogP contribution in [-0.2, 0) is 17.8 Å². The number of halogens is 2. The lowest BCUT2D eigenvalue weighted by Gasteiger charge is -2.29. The molecule has 5 nitrogen and oxygen atoms in total. The zero-order chi connectivity index (χ0) is 17.6. The molecule has 2 aliphatic rings. The number of fused-ring (bicyclic) bond motifs is 1. The summed E-state index contributed by atoms with van der Waals surface area (Å²) >= 11 is 0. The van der Waals surface area contributed by atoms with Gasteiger partial charge in [0, 0.05) is 43.3 Å². The van der Waals surface area contributed by atoms with Crippen molar-refractivity contribution in [3.05, 3.63) is 52.9 Å². The molecule has 7 heteroatoms. The van der Waals surface area contributed by atoms with Crippen molar-refractivity contribution in [1.29, 1.82) is 0 Å². The minimum absolute atomic E-state index is 0.103. The van der Waals surface area contributed by atoms with E-state index in [0.29, 0.717) is 31.4 Å². The number of carbonyl (C=O) groups is 1. The summed E-state index contributed by atoms with van der Waals surface area (Å²) in [5.74, 6) is -1.59. The van der Waals surface area contributed by atoms with Crippen molar-refractivity contribution in [1.82, 2.24) is 14.8 Å². The molecule has 0 N–H and O–H groups in total. The molecule has 3 heterocycles. The molecule has 2 aromatic rings. The van der Waals surface area contributed by atoms with Gasteiger partial charge in [-0.25, -0.2) is 13.8 Å². The minimum Gasteiger partial charge on any atom is -0.273 e. The number of benzene rings is 1. The summed E-state index contributed by atoms with van der Waals surface area (Å²) in [6, 6.07) is 4.90. The maximum Gasteiger partial charge on any atom is 0.246 e. The van der Waals surface area contributed by atoms with Gasteiger partial charge < -0.3 is 0 Å². The Hall–Kier alpha value is -2.57. The van der Waals surface area contributed by atoms with Gasteiger partial charge in [0.1, 0.15) is 11.6 Å². The van der Waals surface area contributed by atoms with Crippen molar-refractivity contribution < 1.29 is 13.6 Å². The molecule has 4 rings (SSSR count). The molecule has 25 heavy (non-hydrogen) atoms. The van der Waals surface area contributed by atoms with Gasteiger partial charge in [-0.3, -0.25) is 9.48 Å². The number of aromatic nitrogens is 2. The number of hydrogen-bond acceptors (Lipinski definition) is 3. The Morgan fingerprint density at radius 1 is 1.20 bits per heavy atom. The Morgan fingerprint density at radius 3 is 2.72 bits per heavy atom. The van der Waals surface area contributed by atoms with E-state index < -0.39 is 17.7 Å². The van der Waals surface area contributed by atoms with E-state index >= 15 is 0 Å². The molecule has 0 bridgehead atoms. The zero-order valence-corrected chi connectivity index (χ0v) is 13.8. The molecule has 1 aromatic carbocycles. The molecule has 0 aliphatic carbocycles. The molecular weight excluding hydrogens is 326 g/mol. The summed E-state index contributed by atoms with van der Waals surface area (Å²) in [6.45, 7) is 2.62. The van der Waals surface area contributed by atoms with Crippen LogP contribution in [0.1, 0.15) is 35.8 Å². The van der Waals surface area contributed by atoms with E-state index in [-0.39, 0.29) is 11.8 Å². The number of hydrazone groups is 1. The normalized spacial score (nSPS) is 22.3. The standard InChI is InChI=1S/C18H18F2N4O/c1-11-6-16-9-12(3-5-23(16)22-11)18(25)24-17(2-4-21-24)13-7-14(19)10-15(20)8-13/h4,6-8,10,12,17H,2-3,5,9H2,1H3/t12-,17+/m1/s1. The molecule has 0 saturated carbocycles. The fourth-order valence-corrected chi connectivity index (χ4v) is 3.66. The predicted octanol–water partition coefficient (Wildman–Crippen LogP) is 2.99. The summed E-state index contributed by atoms with van der Waals surface area (Å²) < 4.78 is 29.0. The first kappa shape index (κ1) is 15.9. The topological polar surface area (TPSA) is 50.5 Å². The highest BCUT2D eigenvalue weighted by molar-refractivity contribution is 5.82. The summed E-state index contributed by atoms with van der Waals surface area (Å²) in [5.41, 5.74) is 2.41. The van der Waals surface area contributed by atoms with Crippen LogP contribution < -0.4 is 0 Å². The van der Waals surface area contributed by atoms with Crippen LogP contribution in [0.15, 0.2) is 29.4 Å². The van der Waals surface area contributed by atoms with Gasteiger partial charge in [0.25, 0.3) is 0 Å². The molecule has 0 radical (unpaired) electrons. The molecule has 2 atom stereocenters. The Bertz CT molecular complexity index is 841. The lowest BCUT2D eigenvalue weighted by atomic mass is 9.94. The molecule has 0 fully saturated rings. The average molecular weight is 344 g/mol. The van der Waals surface area contributed by atoms with Crippen molar-refractivity contribution in [2.75, 3.05) is 0 Å². The summed E-state index contributed by atoms with van der Waals surface area (Å²) in [5, 5.41) is 9.97. The lowest BCUT2D eigenvalue weighted by Crippen LogP contribution is -2.36.